The molecule has 0 aliphatic rings. The van der Waals surface area contributed by atoms with Crippen molar-refractivity contribution in [2.24, 2.45) is 0 Å². The smallest absolute Gasteiger partial charge is 0.222 e. The summed E-state index contributed by atoms with van der Waals surface area (Å²) in [6.45, 7) is 0. The van der Waals surface area contributed by atoms with Gasteiger partial charge in [0.25, 0.3) is 0 Å². The van der Waals surface area contributed by atoms with Crippen LogP contribution in [0.2, 0.25) is 5.02 Å². The Hall–Kier alpha value is -2.73. The van der Waals surface area contributed by atoms with E-state index >= 15 is 0 Å². The van der Waals surface area contributed by atoms with Gasteiger partial charge in [-0.3, -0.25) is 0 Å². The van der Waals surface area contributed by atoms with Crippen molar-refractivity contribution in [3.8, 4) is 0 Å². The highest BCUT2D eigenvalue weighted by atomic mass is 35.5. The molecule has 0 saturated carbocycles. The number of tetrazole rings is 1. The van der Waals surface area contributed by atoms with Gasteiger partial charge in [0.2, 0.25) is 5.65 Å². The second kappa shape index (κ2) is 4.68. The Balaban J connectivity index is 1.92. The van der Waals surface area contributed by atoms with E-state index in [1.807, 2.05) is 48.5 Å². The fraction of sp³-hybridized carbons (Fsp3) is 0. The lowest BCUT2D eigenvalue weighted by molar-refractivity contribution is 0.841. The standard InChI is InChI=1S/C14H9ClN6/c15-9-4-3-5-10(8-9)16-13-14-18-19-20-21(14)12-7-2-1-6-11(12)17-13/h1-8H,(H,16,17). The van der Waals surface area contributed by atoms with Crippen LogP contribution in [0.4, 0.5) is 11.5 Å². The first-order valence-electron chi connectivity index (χ1n) is 6.31. The molecule has 0 radical (unpaired) electrons. The van der Waals surface area contributed by atoms with Gasteiger partial charge in [-0.05, 0) is 40.8 Å². The Bertz CT molecular complexity index is 948. The number of rotatable bonds is 2. The molecule has 0 atom stereocenters. The number of benzene rings is 2. The van der Waals surface area contributed by atoms with E-state index in [1.54, 1.807) is 4.52 Å². The third-order valence-electron chi connectivity index (χ3n) is 3.11. The van der Waals surface area contributed by atoms with Gasteiger partial charge in [0.05, 0.1) is 11.0 Å². The van der Waals surface area contributed by atoms with Gasteiger partial charge in [-0.15, -0.1) is 5.10 Å². The number of nitrogens with zero attached hydrogens (tertiary/aromatic N) is 5. The zero-order valence-electron chi connectivity index (χ0n) is 10.7. The summed E-state index contributed by atoms with van der Waals surface area (Å²) < 4.78 is 1.66. The number of hydrogen-bond acceptors (Lipinski definition) is 5. The van der Waals surface area contributed by atoms with Crippen LogP contribution in [0.25, 0.3) is 16.7 Å². The van der Waals surface area contributed by atoms with Gasteiger partial charge in [-0.25, -0.2) is 4.98 Å². The summed E-state index contributed by atoms with van der Waals surface area (Å²) in [7, 11) is 0. The Kier molecular flexibility index (Phi) is 2.68. The molecule has 4 aromatic rings. The highest BCUT2D eigenvalue weighted by Crippen LogP contribution is 2.23. The zero-order chi connectivity index (χ0) is 14.2. The minimum atomic E-state index is 0.564. The average Bonchev–Trinajstić information content (AvgIpc) is 2.97. The molecular formula is C14H9ClN6. The summed E-state index contributed by atoms with van der Waals surface area (Å²) in [5.41, 5.74) is 3.06. The lowest BCUT2D eigenvalue weighted by Gasteiger charge is -2.08. The first kappa shape index (κ1) is 12.0. The molecule has 0 bridgehead atoms. The molecule has 0 aliphatic heterocycles. The maximum atomic E-state index is 6.00. The third-order valence-corrected chi connectivity index (χ3v) is 3.35. The first-order valence-corrected chi connectivity index (χ1v) is 6.68. The lowest BCUT2D eigenvalue weighted by atomic mass is 10.3. The zero-order valence-corrected chi connectivity index (χ0v) is 11.5. The number of halogens is 1. The van der Waals surface area contributed by atoms with Crippen molar-refractivity contribution in [3.05, 3.63) is 53.6 Å². The summed E-state index contributed by atoms with van der Waals surface area (Å²) in [5, 5.41) is 15.6. The molecule has 0 saturated heterocycles. The van der Waals surface area contributed by atoms with Gasteiger partial charge in [-0.2, -0.15) is 4.52 Å². The van der Waals surface area contributed by atoms with E-state index in [0.717, 1.165) is 16.7 Å². The molecule has 7 heteroatoms. The van der Waals surface area contributed by atoms with Gasteiger partial charge in [0, 0.05) is 10.7 Å². The van der Waals surface area contributed by atoms with Crippen LogP contribution in [0.3, 0.4) is 0 Å². The second-order valence-corrected chi connectivity index (χ2v) is 4.94. The van der Waals surface area contributed by atoms with E-state index in [9.17, 15) is 0 Å². The maximum absolute atomic E-state index is 6.00. The number of aromatic nitrogens is 5. The summed E-state index contributed by atoms with van der Waals surface area (Å²) >= 11 is 6.00. The van der Waals surface area contributed by atoms with Crippen molar-refractivity contribution < 1.29 is 0 Å². The normalized spacial score (nSPS) is 11.1. The van der Waals surface area contributed by atoms with E-state index in [1.165, 1.54) is 0 Å². The molecule has 2 aromatic heterocycles. The predicted molar refractivity (Wildman–Crippen MR) is 80.8 cm³/mol. The summed E-state index contributed by atoms with van der Waals surface area (Å²) in [6, 6.07) is 15.1. The van der Waals surface area contributed by atoms with Crippen molar-refractivity contribution in [1.82, 2.24) is 25.0 Å². The van der Waals surface area contributed by atoms with Crippen LogP contribution in [0.1, 0.15) is 0 Å². The lowest BCUT2D eigenvalue weighted by Crippen LogP contribution is -2.00. The Labute approximate surface area is 124 Å². The molecular weight excluding hydrogens is 288 g/mol. The molecule has 6 nitrogen and oxygen atoms in total. The summed E-state index contributed by atoms with van der Waals surface area (Å²) in [4.78, 5) is 4.58. The van der Waals surface area contributed by atoms with Crippen LogP contribution in [0, 0.1) is 0 Å². The largest absolute Gasteiger partial charge is 0.337 e. The molecule has 0 unspecified atom stereocenters. The third kappa shape index (κ3) is 2.05. The predicted octanol–water partition coefficient (Wildman–Crippen LogP) is 3.07. The molecule has 102 valence electrons. The minimum Gasteiger partial charge on any atom is -0.337 e. The van der Waals surface area contributed by atoms with E-state index < -0.39 is 0 Å². The molecule has 2 aromatic carbocycles. The molecule has 4 rings (SSSR count). The minimum absolute atomic E-state index is 0.564. The monoisotopic (exact) mass is 296 g/mol. The van der Waals surface area contributed by atoms with Gasteiger partial charge < -0.3 is 5.32 Å². The number of hydrogen-bond donors (Lipinski definition) is 1. The topological polar surface area (TPSA) is 68.0 Å². The van der Waals surface area contributed by atoms with Crippen molar-refractivity contribution in [2.75, 3.05) is 5.32 Å². The van der Waals surface area contributed by atoms with Crippen molar-refractivity contribution in [1.29, 1.82) is 0 Å². The molecule has 2 heterocycles. The summed E-state index contributed by atoms with van der Waals surface area (Å²) in [5.74, 6) is 0.584. The van der Waals surface area contributed by atoms with E-state index in [0.29, 0.717) is 16.5 Å². The van der Waals surface area contributed by atoms with Gasteiger partial charge in [0.15, 0.2) is 5.82 Å². The maximum Gasteiger partial charge on any atom is 0.222 e. The quantitative estimate of drug-likeness (QED) is 0.616. The molecule has 0 spiro atoms. The van der Waals surface area contributed by atoms with Crippen molar-refractivity contribution in [2.45, 2.75) is 0 Å². The summed E-state index contributed by atoms with van der Waals surface area (Å²) in [6.07, 6.45) is 0. The van der Waals surface area contributed by atoms with Crippen LogP contribution in [0.15, 0.2) is 48.5 Å². The fourth-order valence-electron chi connectivity index (χ4n) is 2.19. The number of fused-ring (bicyclic) bond motifs is 3. The van der Waals surface area contributed by atoms with Gasteiger partial charge in [-0.1, -0.05) is 29.8 Å². The second-order valence-electron chi connectivity index (χ2n) is 4.50. The highest BCUT2D eigenvalue weighted by Gasteiger charge is 2.11. The number of anilines is 2. The molecule has 0 aliphatic carbocycles. The average molecular weight is 297 g/mol. The van der Waals surface area contributed by atoms with Crippen LogP contribution in [-0.4, -0.2) is 25.0 Å². The Morgan fingerprint density at radius 1 is 1.05 bits per heavy atom. The van der Waals surface area contributed by atoms with E-state index in [4.69, 9.17) is 11.6 Å². The van der Waals surface area contributed by atoms with Crippen LogP contribution < -0.4 is 5.32 Å². The van der Waals surface area contributed by atoms with E-state index in [-0.39, 0.29) is 0 Å². The molecule has 21 heavy (non-hydrogen) atoms. The van der Waals surface area contributed by atoms with Crippen LogP contribution >= 0.6 is 11.6 Å². The first-order chi connectivity index (χ1) is 10.3. The Morgan fingerprint density at radius 2 is 1.95 bits per heavy atom. The number of para-hydroxylation sites is 2. The van der Waals surface area contributed by atoms with Gasteiger partial charge in [0.1, 0.15) is 0 Å². The Morgan fingerprint density at radius 3 is 2.86 bits per heavy atom. The molecule has 0 fully saturated rings. The van der Waals surface area contributed by atoms with Crippen LogP contribution in [-0.2, 0) is 0 Å². The highest BCUT2D eigenvalue weighted by molar-refractivity contribution is 6.30. The molecule has 1 N–H and O–H groups in total. The fourth-order valence-corrected chi connectivity index (χ4v) is 2.38. The molecule has 0 amide bonds. The SMILES string of the molecule is Clc1cccc(Nc2nc3ccccc3n3nnnc23)c1. The van der Waals surface area contributed by atoms with Gasteiger partial charge >= 0.3 is 0 Å². The van der Waals surface area contributed by atoms with Crippen LogP contribution in [0.5, 0.6) is 0 Å². The number of nitrogens with one attached hydrogen (secondary N) is 1. The van der Waals surface area contributed by atoms with E-state index in [2.05, 4.69) is 25.8 Å². The van der Waals surface area contributed by atoms with Crippen molar-refractivity contribution in [3.63, 3.8) is 0 Å². The van der Waals surface area contributed by atoms with Crippen molar-refractivity contribution >= 4 is 39.8 Å².